The van der Waals surface area contributed by atoms with Crippen LogP contribution in [-0.2, 0) is 16.1 Å². The lowest BCUT2D eigenvalue weighted by Gasteiger charge is -2.30. The molecule has 0 bridgehead atoms. The first-order valence-electron chi connectivity index (χ1n) is 11.0. The molecule has 1 saturated carbocycles. The Morgan fingerprint density at radius 3 is 2.58 bits per heavy atom. The summed E-state index contributed by atoms with van der Waals surface area (Å²) in [6, 6.07) is 17.4. The normalized spacial score (nSPS) is 14.8. The number of hydrogen-bond acceptors (Lipinski definition) is 4. The second kappa shape index (κ2) is 11.8. The Labute approximate surface area is 189 Å². The van der Waals surface area contributed by atoms with Crippen molar-refractivity contribution < 1.29 is 14.3 Å². The van der Waals surface area contributed by atoms with Crippen LogP contribution in [0, 0.1) is 0 Å². The SMILES string of the molecule is COc1cccc(CN(C(=O)CCSc2ccccc2)[C@@H](C)C(=O)NC2CCCC2)c1. The maximum absolute atomic E-state index is 13.2. The van der Waals surface area contributed by atoms with Gasteiger partial charge in [-0.15, -0.1) is 11.8 Å². The molecule has 31 heavy (non-hydrogen) atoms. The van der Waals surface area contributed by atoms with Crippen LogP contribution in [0.3, 0.4) is 0 Å². The summed E-state index contributed by atoms with van der Waals surface area (Å²) in [6.07, 6.45) is 4.74. The number of ether oxygens (including phenoxy) is 1. The van der Waals surface area contributed by atoms with Crippen LogP contribution in [0.2, 0.25) is 0 Å². The van der Waals surface area contributed by atoms with E-state index in [2.05, 4.69) is 5.32 Å². The van der Waals surface area contributed by atoms with Gasteiger partial charge in [-0.1, -0.05) is 43.2 Å². The molecule has 2 aromatic carbocycles. The lowest BCUT2D eigenvalue weighted by atomic mass is 10.1. The van der Waals surface area contributed by atoms with Crippen molar-refractivity contribution in [1.82, 2.24) is 10.2 Å². The maximum Gasteiger partial charge on any atom is 0.242 e. The van der Waals surface area contributed by atoms with E-state index in [1.807, 2.05) is 61.5 Å². The van der Waals surface area contributed by atoms with Gasteiger partial charge in [0.25, 0.3) is 0 Å². The zero-order valence-electron chi connectivity index (χ0n) is 18.4. The summed E-state index contributed by atoms with van der Waals surface area (Å²) in [5.41, 5.74) is 0.948. The molecule has 0 saturated heterocycles. The number of carbonyl (C=O) groups excluding carboxylic acids is 2. The summed E-state index contributed by atoms with van der Waals surface area (Å²) in [5, 5.41) is 3.14. The highest BCUT2D eigenvalue weighted by molar-refractivity contribution is 7.99. The van der Waals surface area contributed by atoms with Crippen molar-refractivity contribution in [3.05, 3.63) is 60.2 Å². The highest BCUT2D eigenvalue weighted by Crippen LogP contribution is 2.22. The number of rotatable bonds is 10. The summed E-state index contributed by atoms with van der Waals surface area (Å²) < 4.78 is 5.32. The minimum Gasteiger partial charge on any atom is -0.497 e. The topological polar surface area (TPSA) is 58.6 Å². The zero-order valence-corrected chi connectivity index (χ0v) is 19.2. The van der Waals surface area contributed by atoms with Crippen LogP contribution < -0.4 is 10.1 Å². The van der Waals surface area contributed by atoms with Crippen molar-refractivity contribution in [3.8, 4) is 5.75 Å². The number of amides is 2. The number of hydrogen-bond donors (Lipinski definition) is 1. The molecule has 0 spiro atoms. The molecule has 6 heteroatoms. The van der Waals surface area contributed by atoms with Gasteiger partial charge in [-0.2, -0.15) is 0 Å². The van der Waals surface area contributed by atoms with E-state index in [9.17, 15) is 9.59 Å². The molecule has 2 amide bonds. The average Bonchev–Trinajstić information content (AvgIpc) is 3.30. The van der Waals surface area contributed by atoms with Crippen molar-refractivity contribution in [2.45, 2.75) is 62.6 Å². The lowest BCUT2D eigenvalue weighted by molar-refractivity contribution is -0.140. The van der Waals surface area contributed by atoms with Crippen molar-refractivity contribution in [2.75, 3.05) is 12.9 Å². The van der Waals surface area contributed by atoms with Gasteiger partial charge in [0, 0.05) is 29.7 Å². The predicted octanol–water partition coefficient (Wildman–Crippen LogP) is 4.65. The van der Waals surface area contributed by atoms with Gasteiger partial charge in [0.2, 0.25) is 11.8 Å². The summed E-state index contributed by atoms with van der Waals surface area (Å²) in [5.74, 6) is 1.33. The quantitative estimate of drug-likeness (QED) is 0.546. The third-order valence-electron chi connectivity index (χ3n) is 5.68. The van der Waals surface area contributed by atoms with Gasteiger partial charge in [0.15, 0.2) is 0 Å². The summed E-state index contributed by atoms with van der Waals surface area (Å²) >= 11 is 1.66. The number of nitrogens with one attached hydrogen (secondary N) is 1. The molecule has 0 unspecified atom stereocenters. The number of thioether (sulfide) groups is 1. The molecule has 2 aromatic rings. The number of carbonyl (C=O) groups is 2. The van der Waals surface area contributed by atoms with E-state index >= 15 is 0 Å². The van der Waals surface area contributed by atoms with Crippen LogP contribution in [0.5, 0.6) is 5.75 Å². The van der Waals surface area contributed by atoms with Gasteiger partial charge >= 0.3 is 0 Å². The minimum atomic E-state index is -0.527. The molecule has 0 aliphatic heterocycles. The Kier molecular flexibility index (Phi) is 8.83. The van der Waals surface area contributed by atoms with Crippen molar-refractivity contribution >= 4 is 23.6 Å². The van der Waals surface area contributed by atoms with Gasteiger partial charge in [-0.25, -0.2) is 0 Å². The number of nitrogens with zero attached hydrogens (tertiary/aromatic N) is 1. The first-order chi connectivity index (χ1) is 15.1. The van der Waals surface area contributed by atoms with Crippen LogP contribution in [0.25, 0.3) is 0 Å². The molecule has 0 radical (unpaired) electrons. The summed E-state index contributed by atoms with van der Waals surface area (Å²) in [7, 11) is 1.63. The Morgan fingerprint density at radius 2 is 1.87 bits per heavy atom. The zero-order chi connectivity index (χ0) is 22.1. The molecule has 3 rings (SSSR count). The third-order valence-corrected chi connectivity index (χ3v) is 6.70. The molecule has 1 N–H and O–H groups in total. The van der Waals surface area contributed by atoms with E-state index in [4.69, 9.17) is 4.74 Å². The first-order valence-corrected chi connectivity index (χ1v) is 12.0. The molecular weight excluding hydrogens is 408 g/mol. The van der Waals surface area contributed by atoms with Gasteiger partial charge in [-0.3, -0.25) is 9.59 Å². The minimum absolute atomic E-state index is 0.0136. The van der Waals surface area contributed by atoms with Gasteiger partial charge < -0.3 is 15.0 Å². The van der Waals surface area contributed by atoms with E-state index < -0.39 is 6.04 Å². The van der Waals surface area contributed by atoms with Crippen LogP contribution in [0.1, 0.15) is 44.6 Å². The molecule has 0 heterocycles. The second-order valence-electron chi connectivity index (χ2n) is 7.95. The van der Waals surface area contributed by atoms with E-state index in [1.54, 1.807) is 23.8 Å². The molecular formula is C25H32N2O3S. The fourth-order valence-corrected chi connectivity index (χ4v) is 4.72. The maximum atomic E-state index is 13.2. The van der Waals surface area contributed by atoms with Crippen LogP contribution in [0.4, 0.5) is 0 Å². The number of benzene rings is 2. The van der Waals surface area contributed by atoms with Crippen molar-refractivity contribution in [2.24, 2.45) is 0 Å². The molecule has 166 valence electrons. The lowest BCUT2D eigenvalue weighted by Crippen LogP contribution is -2.49. The Balaban J connectivity index is 1.67. The largest absolute Gasteiger partial charge is 0.497 e. The van der Waals surface area contributed by atoms with Gasteiger partial charge in [0.05, 0.1) is 7.11 Å². The Hall–Kier alpha value is -2.47. The van der Waals surface area contributed by atoms with E-state index in [1.165, 1.54) is 0 Å². The third kappa shape index (κ3) is 7.03. The summed E-state index contributed by atoms with van der Waals surface area (Å²) in [4.78, 5) is 28.9. The molecule has 1 fully saturated rings. The highest BCUT2D eigenvalue weighted by atomic mass is 32.2. The monoisotopic (exact) mass is 440 g/mol. The molecule has 5 nitrogen and oxygen atoms in total. The summed E-state index contributed by atoms with van der Waals surface area (Å²) in [6.45, 7) is 2.21. The molecule has 1 aliphatic rings. The van der Waals surface area contributed by atoms with Crippen LogP contribution in [0.15, 0.2) is 59.5 Å². The van der Waals surface area contributed by atoms with E-state index in [0.29, 0.717) is 18.7 Å². The smallest absolute Gasteiger partial charge is 0.242 e. The average molecular weight is 441 g/mol. The van der Waals surface area contributed by atoms with Gasteiger partial charge in [-0.05, 0) is 49.6 Å². The molecule has 1 aliphatic carbocycles. The van der Waals surface area contributed by atoms with Crippen molar-refractivity contribution in [3.63, 3.8) is 0 Å². The van der Waals surface area contributed by atoms with Crippen LogP contribution in [-0.4, -0.2) is 41.7 Å². The standard InChI is InChI=1S/C25H32N2O3S/c1-19(25(29)26-21-10-6-7-11-21)27(18-20-9-8-12-22(17-20)30-2)24(28)15-16-31-23-13-4-3-5-14-23/h3-5,8-9,12-14,17,19,21H,6-7,10-11,15-16,18H2,1-2H3,(H,26,29)/t19-/m0/s1. The van der Waals surface area contributed by atoms with E-state index in [0.717, 1.165) is 41.9 Å². The first kappa shape index (κ1) is 23.2. The molecule has 1 atom stereocenters. The van der Waals surface area contributed by atoms with Crippen LogP contribution >= 0.6 is 11.8 Å². The Bertz CT molecular complexity index is 853. The fraction of sp³-hybridized carbons (Fsp3) is 0.440. The fourth-order valence-electron chi connectivity index (χ4n) is 3.86. The van der Waals surface area contributed by atoms with Gasteiger partial charge in [0.1, 0.15) is 11.8 Å². The van der Waals surface area contributed by atoms with E-state index in [-0.39, 0.29) is 17.9 Å². The van der Waals surface area contributed by atoms with Crippen molar-refractivity contribution in [1.29, 1.82) is 0 Å². The second-order valence-corrected chi connectivity index (χ2v) is 9.12. The molecule has 0 aromatic heterocycles. The predicted molar refractivity (Wildman–Crippen MR) is 125 cm³/mol. The Morgan fingerprint density at radius 1 is 1.13 bits per heavy atom. The highest BCUT2D eigenvalue weighted by Gasteiger charge is 2.28. The number of methoxy groups -OCH3 is 1.